The standard InChI is InChI=1S/C26H29N3O3S/c1-3-15-28(25(30)22-13-14-22)18-24-16-27-26(29(24)17-21-10-5-4-6-11-21)33(31,32)19-23-12-8-7-9-20(23)2/h3-12,16,22H,1,13-15,17-19H2,2H3. The van der Waals surface area contributed by atoms with Gasteiger partial charge >= 0.3 is 0 Å². The molecule has 2 aromatic carbocycles. The summed E-state index contributed by atoms with van der Waals surface area (Å²) < 4.78 is 28.7. The molecule has 0 saturated heterocycles. The number of carbonyl (C=O) groups excluding carboxylic acids is 1. The van der Waals surface area contributed by atoms with Gasteiger partial charge in [-0.25, -0.2) is 13.4 Å². The number of hydrogen-bond acceptors (Lipinski definition) is 4. The van der Waals surface area contributed by atoms with Crippen LogP contribution in [0.25, 0.3) is 0 Å². The third-order valence-electron chi connectivity index (χ3n) is 5.91. The maximum Gasteiger partial charge on any atom is 0.228 e. The molecular weight excluding hydrogens is 434 g/mol. The van der Waals surface area contributed by atoms with E-state index in [0.717, 1.165) is 29.5 Å². The van der Waals surface area contributed by atoms with Gasteiger partial charge in [0.25, 0.3) is 0 Å². The molecule has 3 aromatic rings. The van der Waals surface area contributed by atoms with Gasteiger partial charge in [-0.05, 0) is 36.5 Å². The average Bonchev–Trinajstić information content (AvgIpc) is 3.57. The Morgan fingerprint density at radius 3 is 2.52 bits per heavy atom. The largest absolute Gasteiger partial charge is 0.333 e. The van der Waals surface area contributed by atoms with Crippen molar-refractivity contribution < 1.29 is 13.2 Å². The summed E-state index contributed by atoms with van der Waals surface area (Å²) in [6, 6.07) is 17.2. The van der Waals surface area contributed by atoms with E-state index in [1.54, 1.807) is 21.7 Å². The van der Waals surface area contributed by atoms with Gasteiger partial charge in [-0.2, -0.15) is 0 Å². The fourth-order valence-corrected chi connectivity index (χ4v) is 5.51. The van der Waals surface area contributed by atoms with Crippen LogP contribution >= 0.6 is 0 Å². The quantitative estimate of drug-likeness (QED) is 0.424. The molecule has 6 nitrogen and oxygen atoms in total. The Morgan fingerprint density at radius 1 is 1.15 bits per heavy atom. The molecule has 1 aromatic heterocycles. The Bertz CT molecular complexity index is 1240. The van der Waals surface area contributed by atoms with Gasteiger partial charge in [-0.15, -0.1) is 6.58 Å². The van der Waals surface area contributed by atoms with Crippen LogP contribution in [0.5, 0.6) is 0 Å². The number of carbonyl (C=O) groups is 1. The van der Waals surface area contributed by atoms with Crippen molar-refractivity contribution >= 4 is 15.7 Å². The molecule has 0 atom stereocenters. The Labute approximate surface area is 195 Å². The molecule has 172 valence electrons. The first-order chi connectivity index (χ1) is 15.9. The van der Waals surface area contributed by atoms with E-state index >= 15 is 0 Å². The molecule has 0 bridgehead atoms. The molecule has 1 aliphatic rings. The van der Waals surface area contributed by atoms with Crippen LogP contribution in [0.4, 0.5) is 0 Å². The van der Waals surface area contributed by atoms with Gasteiger partial charge in [0.05, 0.1) is 30.7 Å². The normalized spacial score (nSPS) is 13.6. The Balaban J connectivity index is 1.70. The minimum atomic E-state index is -3.71. The monoisotopic (exact) mass is 463 g/mol. The van der Waals surface area contributed by atoms with Gasteiger partial charge in [-0.3, -0.25) is 4.79 Å². The number of imidazole rings is 1. The summed E-state index contributed by atoms with van der Waals surface area (Å²) in [5, 5.41) is 0.0297. The van der Waals surface area contributed by atoms with E-state index in [2.05, 4.69) is 11.6 Å². The number of hydrogen-bond donors (Lipinski definition) is 0. The van der Waals surface area contributed by atoms with Crippen LogP contribution in [-0.4, -0.2) is 35.3 Å². The third-order valence-corrected chi connectivity index (χ3v) is 7.48. The number of amides is 1. The van der Waals surface area contributed by atoms with Crippen molar-refractivity contribution in [1.29, 1.82) is 0 Å². The van der Waals surface area contributed by atoms with Crippen LogP contribution in [0.2, 0.25) is 0 Å². The van der Waals surface area contributed by atoms with Gasteiger partial charge in [0, 0.05) is 12.5 Å². The molecule has 0 unspecified atom stereocenters. The van der Waals surface area contributed by atoms with E-state index in [-0.39, 0.29) is 22.7 Å². The van der Waals surface area contributed by atoms with Crippen LogP contribution in [0, 0.1) is 12.8 Å². The highest BCUT2D eigenvalue weighted by Gasteiger charge is 2.34. The second-order valence-corrected chi connectivity index (χ2v) is 10.5. The van der Waals surface area contributed by atoms with Gasteiger partial charge in [0.2, 0.25) is 20.9 Å². The van der Waals surface area contributed by atoms with Crippen molar-refractivity contribution in [3.05, 3.63) is 95.8 Å². The fourth-order valence-electron chi connectivity index (χ4n) is 3.92. The van der Waals surface area contributed by atoms with Crippen molar-refractivity contribution in [2.75, 3.05) is 6.54 Å². The van der Waals surface area contributed by atoms with Crippen molar-refractivity contribution in [3.63, 3.8) is 0 Å². The highest BCUT2D eigenvalue weighted by Crippen LogP contribution is 2.32. The maximum absolute atomic E-state index is 13.5. The van der Waals surface area contributed by atoms with Crippen LogP contribution < -0.4 is 0 Å². The van der Waals surface area contributed by atoms with E-state index in [1.807, 2.05) is 61.5 Å². The van der Waals surface area contributed by atoms with Crippen molar-refractivity contribution in [2.45, 2.75) is 43.8 Å². The lowest BCUT2D eigenvalue weighted by Crippen LogP contribution is -2.33. The van der Waals surface area contributed by atoms with Crippen LogP contribution in [0.1, 0.15) is 35.2 Å². The molecule has 33 heavy (non-hydrogen) atoms. The van der Waals surface area contributed by atoms with Gasteiger partial charge in [0.1, 0.15) is 0 Å². The minimum Gasteiger partial charge on any atom is -0.333 e. The number of rotatable bonds is 10. The molecule has 0 spiro atoms. The van der Waals surface area contributed by atoms with Gasteiger partial charge < -0.3 is 9.47 Å². The van der Waals surface area contributed by atoms with Crippen LogP contribution in [0.15, 0.2) is 78.6 Å². The average molecular weight is 464 g/mol. The third kappa shape index (κ3) is 5.42. The second-order valence-electron chi connectivity index (χ2n) is 8.57. The molecule has 0 radical (unpaired) electrons. The van der Waals surface area contributed by atoms with E-state index in [1.165, 1.54) is 0 Å². The summed E-state index contributed by atoms with van der Waals surface area (Å²) in [5.41, 5.74) is 3.34. The second kappa shape index (κ2) is 9.75. The van der Waals surface area contributed by atoms with Crippen molar-refractivity contribution in [3.8, 4) is 0 Å². The first-order valence-corrected chi connectivity index (χ1v) is 12.8. The molecule has 0 N–H and O–H groups in total. The summed E-state index contributed by atoms with van der Waals surface area (Å²) in [6.45, 7) is 6.75. The minimum absolute atomic E-state index is 0.0297. The topological polar surface area (TPSA) is 72.3 Å². The fraction of sp³-hybridized carbons (Fsp3) is 0.308. The smallest absolute Gasteiger partial charge is 0.228 e. The van der Waals surface area contributed by atoms with E-state index in [4.69, 9.17) is 0 Å². The summed E-state index contributed by atoms with van der Waals surface area (Å²) in [6.07, 6.45) is 5.11. The van der Waals surface area contributed by atoms with Crippen molar-refractivity contribution in [1.82, 2.24) is 14.5 Å². The van der Waals surface area contributed by atoms with Crippen LogP contribution in [0.3, 0.4) is 0 Å². The predicted octanol–water partition coefficient (Wildman–Crippen LogP) is 4.14. The molecule has 1 saturated carbocycles. The van der Waals surface area contributed by atoms with E-state index in [9.17, 15) is 13.2 Å². The molecule has 1 fully saturated rings. The number of nitrogens with zero attached hydrogens (tertiary/aromatic N) is 3. The number of aryl methyl sites for hydroxylation is 1. The molecule has 1 amide bonds. The highest BCUT2D eigenvalue weighted by molar-refractivity contribution is 7.90. The predicted molar refractivity (Wildman–Crippen MR) is 128 cm³/mol. The zero-order chi connectivity index (χ0) is 23.4. The molecule has 7 heteroatoms. The summed E-state index contributed by atoms with van der Waals surface area (Å²) in [7, 11) is -3.71. The van der Waals surface area contributed by atoms with Crippen molar-refractivity contribution in [2.24, 2.45) is 5.92 Å². The molecule has 1 heterocycles. The molecular formula is C26H29N3O3S. The maximum atomic E-state index is 13.5. The number of aromatic nitrogens is 2. The highest BCUT2D eigenvalue weighted by atomic mass is 32.2. The SMILES string of the molecule is C=CCN(Cc1cnc(S(=O)(=O)Cc2ccccc2C)n1Cc1ccccc1)C(=O)C1CC1. The first kappa shape index (κ1) is 23.0. The Morgan fingerprint density at radius 2 is 1.85 bits per heavy atom. The van der Waals surface area contributed by atoms with E-state index < -0.39 is 9.84 Å². The van der Waals surface area contributed by atoms with E-state index in [0.29, 0.717) is 25.3 Å². The molecule has 0 aliphatic heterocycles. The lowest BCUT2D eigenvalue weighted by molar-refractivity contribution is -0.132. The first-order valence-electron chi connectivity index (χ1n) is 11.1. The van der Waals surface area contributed by atoms with Crippen LogP contribution in [-0.2, 0) is 33.5 Å². The Hall–Kier alpha value is -3.19. The lowest BCUT2D eigenvalue weighted by Gasteiger charge is -2.22. The zero-order valence-electron chi connectivity index (χ0n) is 18.9. The van der Waals surface area contributed by atoms with Gasteiger partial charge in [0.15, 0.2) is 0 Å². The summed E-state index contributed by atoms with van der Waals surface area (Å²) in [5.74, 6) is 0.0360. The number of benzene rings is 2. The molecule has 1 aliphatic carbocycles. The Kier molecular flexibility index (Phi) is 6.79. The molecule has 4 rings (SSSR count). The summed E-state index contributed by atoms with van der Waals surface area (Å²) >= 11 is 0. The number of sulfone groups is 1. The summed E-state index contributed by atoms with van der Waals surface area (Å²) in [4.78, 5) is 18.9. The zero-order valence-corrected chi connectivity index (χ0v) is 19.7. The lowest BCUT2D eigenvalue weighted by atomic mass is 10.1. The van der Waals surface area contributed by atoms with Gasteiger partial charge in [-0.1, -0.05) is 60.7 Å².